The Balaban J connectivity index is 2.34. The van der Waals surface area contributed by atoms with Gasteiger partial charge >= 0.3 is 5.97 Å². The van der Waals surface area contributed by atoms with Gasteiger partial charge in [0.05, 0.1) is 11.3 Å². The number of carbonyl (C=O) groups is 1. The summed E-state index contributed by atoms with van der Waals surface area (Å²) in [6.07, 6.45) is 4.98. The van der Waals surface area contributed by atoms with E-state index in [1.54, 1.807) is 12.4 Å². The zero-order chi connectivity index (χ0) is 12.3. The number of aromatic nitrogens is 3. The van der Waals surface area contributed by atoms with Gasteiger partial charge in [0, 0.05) is 36.8 Å². The molecular formula is C11H9N3O3. The molecule has 0 radical (unpaired) electrons. The number of hydrogen-bond acceptors (Lipinski definition) is 4. The number of carboxylic acid groups (broad SMARTS) is 1. The number of aromatic carboxylic acids is 1. The van der Waals surface area contributed by atoms with Crippen LogP contribution in [0.15, 0.2) is 35.5 Å². The van der Waals surface area contributed by atoms with Gasteiger partial charge in [0.25, 0.3) is 0 Å². The number of pyridine rings is 1. The number of aromatic amines is 1. The van der Waals surface area contributed by atoms with E-state index in [0.717, 1.165) is 6.07 Å². The van der Waals surface area contributed by atoms with Gasteiger partial charge in [-0.2, -0.15) is 0 Å². The maximum Gasteiger partial charge on any atom is 0.335 e. The van der Waals surface area contributed by atoms with Gasteiger partial charge in [0.1, 0.15) is 0 Å². The van der Waals surface area contributed by atoms with Crippen LogP contribution in [0.1, 0.15) is 21.7 Å². The van der Waals surface area contributed by atoms with E-state index >= 15 is 0 Å². The molecule has 2 N–H and O–H groups in total. The fourth-order valence-corrected chi connectivity index (χ4v) is 1.44. The first kappa shape index (κ1) is 11.0. The third kappa shape index (κ3) is 2.75. The summed E-state index contributed by atoms with van der Waals surface area (Å²) in [6.45, 7) is 0. The molecule has 0 atom stereocenters. The van der Waals surface area contributed by atoms with Gasteiger partial charge in [-0.3, -0.25) is 14.8 Å². The van der Waals surface area contributed by atoms with Crippen molar-refractivity contribution in [2.75, 3.05) is 0 Å². The number of carboxylic acids is 1. The Bertz CT molecular complexity index is 592. The van der Waals surface area contributed by atoms with E-state index in [1.807, 2.05) is 0 Å². The first-order valence-electron chi connectivity index (χ1n) is 4.86. The molecule has 0 aliphatic rings. The molecule has 0 spiro atoms. The smallest absolute Gasteiger partial charge is 0.335 e. The average Bonchev–Trinajstić information content (AvgIpc) is 2.29. The van der Waals surface area contributed by atoms with E-state index in [1.165, 1.54) is 12.3 Å². The van der Waals surface area contributed by atoms with Gasteiger partial charge in [-0.15, -0.1) is 0 Å². The van der Waals surface area contributed by atoms with Crippen molar-refractivity contribution in [3.05, 3.63) is 58.0 Å². The van der Waals surface area contributed by atoms with E-state index < -0.39 is 11.5 Å². The Kier molecular flexibility index (Phi) is 2.95. The van der Waals surface area contributed by atoms with Crippen LogP contribution in [0.3, 0.4) is 0 Å². The highest BCUT2D eigenvalue weighted by Gasteiger charge is 2.07. The molecule has 17 heavy (non-hydrogen) atoms. The normalized spacial score (nSPS) is 10.1. The molecule has 86 valence electrons. The number of H-pyrrole nitrogens is 1. The number of hydrogen-bond donors (Lipinski definition) is 2. The van der Waals surface area contributed by atoms with Crippen molar-refractivity contribution in [2.45, 2.75) is 6.42 Å². The maximum atomic E-state index is 11.3. The minimum Gasteiger partial charge on any atom is -0.478 e. The minimum atomic E-state index is -1.13. The Morgan fingerprint density at radius 1 is 1.35 bits per heavy atom. The maximum absolute atomic E-state index is 11.3. The van der Waals surface area contributed by atoms with Gasteiger partial charge < -0.3 is 10.1 Å². The number of nitrogens with zero attached hydrogens (tertiary/aromatic N) is 2. The first-order valence-corrected chi connectivity index (χ1v) is 4.86. The largest absolute Gasteiger partial charge is 0.478 e. The van der Waals surface area contributed by atoms with Gasteiger partial charge in [-0.25, -0.2) is 4.79 Å². The summed E-state index contributed by atoms with van der Waals surface area (Å²) in [5.41, 5.74) is 0.678. The molecule has 6 nitrogen and oxygen atoms in total. The van der Waals surface area contributed by atoms with Crippen molar-refractivity contribution in [3.63, 3.8) is 0 Å². The monoisotopic (exact) mass is 231 g/mol. The zero-order valence-corrected chi connectivity index (χ0v) is 8.75. The standard InChI is InChI=1S/C11H9N3O3/c15-10-4-7(11(16)17)3-8(14-10)5-9-6-12-1-2-13-9/h1-4,6H,5H2,(H,14,15)(H,16,17). The second-order valence-electron chi connectivity index (χ2n) is 3.44. The molecule has 0 fully saturated rings. The third-order valence-electron chi connectivity index (χ3n) is 2.14. The van der Waals surface area contributed by atoms with Gasteiger partial charge in [0.2, 0.25) is 5.56 Å². The predicted octanol–water partition coefficient (Wildman–Crippen LogP) is 0.454. The molecule has 0 aliphatic carbocycles. The van der Waals surface area contributed by atoms with Crippen molar-refractivity contribution in [3.8, 4) is 0 Å². The molecule has 0 saturated heterocycles. The lowest BCUT2D eigenvalue weighted by Crippen LogP contribution is -2.12. The van der Waals surface area contributed by atoms with E-state index in [0.29, 0.717) is 17.8 Å². The Labute approximate surface area is 96.0 Å². The number of rotatable bonds is 3. The van der Waals surface area contributed by atoms with Crippen LogP contribution < -0.4 is 5.56 Å². The van der Waals surface area contributed by atoms with Crippen molar-refractivity contribution in [1.29, 1.82) is 0 Å². The van der Waals surface area contributed by atoms with Crippen LogP contribution in [0.4, 0.5) is 0 Å². The van der Waals surface area contributed by atoms with Gasteiger partial charge in [0.15, 0.2) is 0 Å². The molecule has 0 aromatic carbocycles. The third-order valence-corrected chi connectivity index (χ3v) is 2.14. The summed E-state index contributed by atoms with van der Waals surface area (Å²) < 4.78 is 0. The molecule has 2 aromatic heterocycles. The highest BCUT2D eigenvalue weighted by molar-refractivity contribution is 5.87. The highest BCUT2D eigenvalue weighted by atomic mass is 16.4. The lowest BCUT2D eigenvalue weighted by molar-refractivity contribution is 0.0696. The summed E-state index contributed by atoms with van der Waals surface area (Å²) in [5.74, 6) is -1.13. The summed E-state index contributed by atoms with van der Waals surface area (Å²) in [5, 5.41) is 8.82. The van der Waals surface area contributed by atoms with E-state index in [2.05, 4.69) is 15.0 Å². The van der Waals surface area contributed by atoms with Crippen LogP contribution in [0.2, 0.25) is 0 Å². The van der Waals surface area contributed by atoms with E-state index in [4.69, 9.17) is 5.11 Å². The van der Waals surface area contributed by atoms with Crippen LogP contribution in [-0.4, -0.2) is 26.0 Å². The molecule has 0 unspecified atom stereocenters. The van der Waals surface area contributed by atoms with Crippen molar-refractivity contribution in [1.82, 2.24) is 15.0 Å². The Hall–Kier alpha value is -2.50. The molecular weight excluding hydrogens is 222 g/mol. The number of nitrogens with one attached hydrogen (secondary N) is 1. The van der Waals surface area contributed by atoms with Crippen LogP contribution in [-0.2, 0) is 6.42 Å². The quantitative estimate of drug-likeness (QED) is 0.799. The van der Waals surface area contributed by atoms with Crippen LogP contribution in [0, 0.1) is 0 Å². The molecule has 0 saturated carbocycles. The summed E-state index contributed by atoms with van der Waals surface area (Å²) >= 11 is 0. The second-order valence-corrected chi connectivity index (χ2v) is 3.44. The Morgan fingerprint density at radius 2 is 2.18 bits per heavy atom. The van der Waals surface area contributed by atoms with Gasteiger partial charge in [-0.05, 0) is 6.07 Å². The van der Waals surface area contributed by atoms with Crippen LogP contribution in [0.25, 0.3) is 0 Å². The SMILES string of the molecule is O=C(O)c1cc(Cc2cnccn2)[nH]c(=O)c1. The predicted molar refractivity (Wildman–Crippen MR) is 58.9 cm³/mol. The summed E-state index contributed by atoms with van der Waals surface area (Å²) in [7, 11) is 0. The second kappa shape index (κ2) is 4.56. The average molecular weight is 231 g/mol. The summed E-state index contributed by atoms with van der Waals surface area (Å²) in [4.78, 5) is 32.5. The van der Waals surface area contributed by atoms with Crippen molar-refractivity contribution >= 4 is 5.97 Å². The lowest BCUT2D eigenvalue weighted by Gasteiger charge is -2.01. The minimum absolute atomic E-state index is 0.0346. The van der Waals surface area contributed by atoms with E-state index in [-0.39, 0.29) is 5.56 Å². The molecule has 2 heterocycles. The molecule has 2 aromatic rings. The molecule has 2 rings (SSSR count). The molecule has 0 bridgehead atoms. The van der Waals surface area contributed by atoms with Crippen LogP contribution >= 0.6 is 0 Å². The topological polar surface area (TPSA) is 95.9 Å². The zero-order valence-electron chi connectivity index (χ0n) is 8.75. The van der Waals surface area contributed by atoms with Crippen molar-refractivity contribution in [2.24, 2.45) is 0 Å². The van der Waals surface area contributed by atoms with E-state index in [9.17, 15) is 9.59 Å². The van der Waals surface area contributed by atoms with Gasteiger partial charge in [-0.1, -0.05) is 0 Å². The lowest BCUT2D eigenvalue weighted by atomic mass is 10.1. The fraction of sp³-hybridized carbons (Fsp3) is 0.0909. The Morgan fingerprint density at radius 3 is 2.82 bits per heavy atom. The molecule has 0 amide bonds. The van der Waals surface area contributed by atoms with Crippen LogP contribution in [0.5, 0.6) is 0 Å². The molecule has 6 heteroatoms. The first-order chi connectivity index (χ1) is 8.15. The molecule has 0 aliphatic heterocycles. The van der Waals surface area contributed by atoms with Crippen molar-refractivity contribution < 1.29 is 9.90 Å². The highest BCUT2D eigenvalue weighted by Crippen LogP contribution is 2.04. The fourth-order valence-electron chi connectivity index (χ4n) is 1.44. The summed E-state index contributed by atoms with van der Waals surface area (Å²) in [6, 6.07) is 2.46.